The van der Waals surface area contributed by atoms with E-state index in [4.69, 9.17) is 0 Å². The van der Waals surface area contributed by atoms with Crippen molar-refractivity contribution in [2.45, 2.75) is 19.4 Å². The highest BCUT2D eigenvalue weighted by atomic mass is 19.1. The summed E-state index contributed by atoms with van der Waals surface area (Å²) in [7, 11) is 0. The predicted molar refractivity (Wildman–Crippen MR) is 76.7 cm³/mol. The lowest BCUT2D eigenvalue weighted by atomic mass is 10.1. The topological polar surface area (TPSA) is 64.0 Å². The van der Waals surface area contributed by atoms with Crippen LogP contribution in [0.4, 0.5) is 4.39 Å². The quantitative estimate of drug-likeness (QED) is 0.875. The van der Waals surface area contributed by atoms with Gasteiger partial charge in [0.2, 0.25) is 0 Å². The minimum atomic E-state index is -0.771. The lowest BCUT2D eigenvalue weighted by Crippen LogP contribution is -2.52. The Morgan fingerprint density at radius 2 is 1.90 bits per heavy atom. The van der Waals surface area contributed by atoms with E-state index in [1.165, 1.54) is 6.07 Å². The molecule has 21 heavy (non-hydrogen) atoms. The number of carbonyl (C=O) groups is 1. The highest BCUT2D eigenvalue weighted by molar-refractivity contribution is 5.96. The number of aromatic hydroxyl groups is 1. The molecule has 0 aliphatic carbocycles. The van der Waals surface area contributed by atoms with Gasteiger partial charge in [0.15, 0.2) is 0 Å². The van der Waals surface area contributed by atoms with Gasteiger partial charge in [-0.25, -0.2) is 4.39 Å². The average molecular weight is 296 g/mol. The molecule has 116 valence electrons. The van der Waals surface area contributed by atoms with Gasteiger partial charge >= 0.3 is 0 Å². The van der Waals surface area contributed by atoms with Gasteiger partial charge in [0.25, 0.3) is 5.91 Å². The van der Waals surface area contributed by atoms with E-state index in [0.29, 0.717) is 32.7 Å². The maximum atomic E-state index is 13.2. The summed E-state index contributed by atoms with van der Waals surface area (Å²) in [4.78, 5) is 16.0. The minimum absolute atomic E-state index is 0.00839. The van der Waals surface area contributed by atoms with Crippen LogP contribution in [0, 0.1) is 5.82 Å². The molecule has 6 heteroatoms. The standard InChI is InChI=1S/C15H21FN2O3/c1-15(2,21)10-17-5-7-18(8-6-17)14(20)12-9-11(16)3-4-13(12)19/h3-4,9,19,21H,5-8,10H2,1-2H3. The van der Waals surface area contributed by atoms with Crippen LogP contribution >= 0.6 is 0 Å². The third-order valence-electron chi connectivity index (χ3n) is 3.46. The van der Waals surface area contributed by atoms with Crippen LogP contribution in [0.2, 0.25) is 0 Å². The van der Waals surface area contributed by atoms with Gasteiger partial charge in [-0.2, -0.15) is 0 Å². The van der Waals surface area contributed by atoms with Crippen LogP contribution < -0.4 is 0 Å². The smallest absolute Gasteiger partial charge is 0.257 e. The van der Waals surface area contributed by atoms with Gasteiger partial charge in [-0.3, -0.25) is 9.69 Å². The molecule has 1 saturated heterocycles. The molecule has 0 aromatic heterocycles. The highest BCUT2D eigenvalue weighted by Crippen LogP contribution is 2.20. The molecule has 0 saturated carbocycles. The predicted octanol–water partition coefficient (Wildman–Crippen LogP) is 1.06. The summed E-state index contributed by atoms with van der Waals surface area (Å²) in [5, 5.41) is 19.5. The van der Waals surface area contributed by atoms with Crippen molar-refractivity contribution in [2.24, 2.45) is 0 Å². The second kappa shape index (κ2) is 5.99. The number of carbonyl (C=O) groups excluding carboxylic acids is 1. The molecule has 0 radical (unpaired) electrons. The molecular formula is C15H21FN2O3. The summed E-state index contributed by atoms with van der Waals surface area (Å²) in [6, 6.07) is 3.36. The number of amides is 1. The second-order valence-electron chi connectivity index (χ2n) is 6.04. The van der Waals surface area contributed by atoms with Crippen LogP contribution in [-0.2, 0) is 0 Å². The first-order valence-electron chi connectivity index (χ1n) is 6.99. The number of piperazine rings is 1. The first-order valence-corrected chi connectivity index (χ1v) is 6.99. The van der Waals surface area contributed by atoms with Crippen LogP contribution in [0.3, 0.4) is 0 Å². The molecule has 1 amide bonds. The number of β-amino-alcohol motifs (C(OH)–C–C–N with tert-alkyl or cyclic N) is 1. The number of benzene rings is 1. The Morgan fingerprint density at radius 3 is 2.48 bits per heavy atom. The number of phenolic OH excluding ortho intramolecular Hbond substituents is 1. The molecular weight excluding hydrogens is 275 g/mol. The van der Waals surface area contributed by atoms with E-state index in [-0.39, 0.29) is 17.2 Å². The lowest BCUT2D eigenvalue weighted by Gasteiger charge is -2.37. The van der Waals surface area contributed by atoms with E-state index in [9.17, 15) is 19.4 Å². The zero-order valence-electron chi connectivity index (χ0n) is 12.3. The van der Waals surface area contributed by atoms with Crippen molar-refractivity contribution in [1.29, 1.82) is 0 Å². The lowest BCUT2D eigenvalue weighted by molar-refractivity contribution is 0.0178. The van der Waals surface area contributed by atoms with Gasteiger partial charge in [0.1, 0.15) is 11.6 Å². The fraction of sp³-hybridized carbons (Fsp3) is 0.533. The molecule has 0 bridgehead atoms. The molecule has 2 rings (SSSR count). The van der Waals surface area contributed by atoms with Crippen LogP contribution in [0.5, 0.6) is 5.75 Å². The maximum absolute atomic E-state index is 13.2. The molecule has 1 aliphatic rings. The number of halogens is 1. The first kappa shape index (κ1) is 15.7. The molecule has 1 aromatic carbocycles. The normalized spacial score (nSPS) is 17.0. The van der Waals surface area contributed by atoms with Crippen LogP contribution in [0.1, 0.15) is 24.2 Å². The van der Waals surface area contributed by atoms with Gasteiger partial charge in [-0.15, -0.1) is 0 Å². The van der Waals surface area contributed by atoms with Gasteiger partial charge in [0, 0.05) is 32.7 Å². The fourth-order valence-electron chi connectivity index (χ4n) is 2.51. The molecule has 1 aromatic rings. The number of phenols is 1. The fourth-order valence-corrected chi connectivity index (χ4v) is 2.51. The van der Waals surface area contributed by atoms with Gasteiger partial charge in [-0.05, 0) is 32.0 Å². The number of rotatable bonds is 3. The van der Waals surface area contributed by atoms with Crippen LogP contribution in [0.25, 0.3) is 0 Å². The monoisotopic (exact) mass is 296 g/mol. The molecule has 1 aliphatic heterocycles. The molecule has 5 nitrogen and oxygen atoms in total. The van der Waals surface area contributed by atoms with E-state index in [1.807, 2.05) is 0 Å². The van der Waals surface area contributed by atoms with Gasteiger partial charge in [0.05, 0.1) is 11.2 Å². The highest BCUT2D eigenvalue weighted by Gasteiger charge is 2.26. The molecule has 1 heterocycles. The van der Waals surface area contributed by atoms with Crippen molar-refractivity contribution in [3.8, 4) is 5.75 Å². The maximum Gasteiger partial charge on any atom is 0.257 e. The van der Waals surface area contributed by atoms with E-state index < -0.39 is 11.4 Å². The molecule has 1 fully saturated rings. The summed E-state index contributed by atoms with van der Waals surface area (Å²) in [6.07, 6.45) is 0. The van der Waals surface area contributed by atoms with Crippen molar-refractivity contribution in [1.82, 2.24) is 9.80 Å². The average Bonchev–Trinajstić information content (AvgIpc) is 2.40. The number of hydrogen-bond donors (Lipinski definition) is 2. The molecule has 2 N–H and O–H groups in total. The van der Waals surface area contributed by atoms with Gasteiger partial charge < -0.3 is 15.1 Å². The van der Waals surface area contributed by atoms with Crippen molar-refractivity contribution in [3.63, 3.8) is 0 Å². The van der Waals surface area contributed by atoms with E-state index >= 15 is 0 Å². The molecule has 0 unspecified atom stereocenters. The zero-order valence-corrected chi connectivity index (χ0v) is 12.3. The Morgan fingerprint density at radius 1 is 1.29 bits per heavy atom. The third kappa shape index (κ3) is 4.15. The van der Waals surface area contributed by atoms with Gasteiger partial charge in [-0.1, -0.05) is 0 Å². The van der Waals surface area contributed by atoms with E-state index in [1.54, 1.807) is 18.7 Å². The van der Waals surface area contributed by atoms with Crippen molar-refractivity contribution >= 4 is 5.91 Å². The Hall–Kier alpha value is -1.66. The minimum Gasteiger partial charge on any atom is -0.507 e. The Balaban J connectivity index is 1.99. The summed E-state index contributed by atoms with van der Waals surface area (Å²) < 4.78 is 13.2. The van der Waals surface area contributed by atoms with E-state index in [0.717, 1.165) is 12.1 Å². The summed E-state index contributed by atoms with van der Waals surface area (Å²) >= 11 is 0. The van der Waals surface area contributed by atoms with Crippen molar-refractivity contribution in [2.75, 3.05) is 32.7 Å². The second-order valence-corrected chi connectivity index (χ2v) is 6.04. The number of nitrogens with zero attached hydrogens (tertiary/aromatic N) is 2. The molecule has 0 atom stereocenters. The first-order chi connectivity index (χ1) is 9.76. The van der Waals surface area contributed by atoms with Crippen LogP contribution in [0.15, 0.2) is 18.2 Å². The Labute approximate surface area is 123 Å². The summed E-state index contributed by atoms with van der Waals surface area (Å²) in [5.41, 5.74) is -0.779. The van der Waals surface area contributed by atoms with Crippen molar-refractivity contribution in [3.05, 3.63) is 29.6 Å². The Kier molecular flexibility index (Phi) is 4.49. The third-order valence-corrected chi connectivity index (χ3v) is 3.46. The summed E-state index contributed by atoms with van der Waals surface area (Å²) in [6.45, 7) is 6.30. The van der Waals surface area contributed by atoms with Crippen LogP contribution in [-0.4, -0.2) is 64.2 Å². The van der Waals surface area contributed by atoms with E-state index in [2.05, 4.69) is 4.90 Å². The molecule has 0 spiro atoms. The number of aliphatic hydroxyl groups is 1. The summed E-state index contributed by atoms with van der Waals surface area (Å²) in [5.74, 6) is -1.12. The SMILES string of the molecule is CC(C)(O)CN1CCN(C(=O)c2cc(F)ccc2O)CC1. The zero-order chi connectivity index (χ0) is 15.6. The van der Waals surface area contributed by atoms with Crippen molar-refractivity contribution < 1.29 is 19.4 Å². The number of hydrogen-bond acceptors (Lipinski definition) is 4. The Bertz CT molecular complexity index is 520. The largest absolute Gasteiger partial charge is 0.507 e.